The number of thioether (sulfide) groups is 1. The zero-order valence-electron chi connectivity index (χ0n) is 7.29. The average molecular weight is 177 g/mol. The maximum atomic E-state index is 4.48. The standard InChI is InChI=1S/C10H11NS/c1-7-3-4-9-10(5-7)12-6-8(2)11-9/h3-5H,6H2,1-2H3. The Morgan fingerprint density at radius 1 is 1.33 bits per heavy atom. The first-order valence-electron chi connectivity index (χ1n) is 4.03. The number of aryl methyl sites for hydroxylation is 1. The molecule has 1 nitrogen and oxygen atoms in total. The molecule has 1 aromatic rings. The summed E-state index contributed by atoms with van der Waals surface area (Å²) in [5.41, 5.74) is 3.67. The summed E-state index contributed by atoms with van der Waals surface area (Å²) in [6.45, 7) is 4.20. The van der Waals surface area contributed by atoms with Gasteiger partial charge in [-0.3, -0.25) is 4.99 Å². The third-order valence-corrected chi connectivity index (χ3v) is 3.06. The monoisotopic (exact) mass is 177 g/mol. The maximum Gasteiger partial charge on any atom is 0.0765 e. The third kappa shape index (κ3) is 1.39. The highest BCUT2D eigenvalue weighted by Crippen LogP contribution is 2.34. The van der Waals surface area contributed by atoms with E-state index in [9.17, 15) is 0 Å². The van der Waals surface area contributed by atoms with Gasteiger partial charge in [0.05, 0.1) is 5.69 Å². The van der Waals surface area contributed by atoms with E-state index in [0.29, 0.717) is 0 Å². The van der Waals surface area contributed by atoms with E-state index in [4.69, 9.17) is 0 Å². The van der Waals surface area contributed by atoms with Crippen LogP contribution in [0.2, 0.25) is 0 Å². The number of nitrogens with zero attached hydrogens (tertiary/aromatic N) is 1. The van der Waals surface area contributed by atoms with Gasteiger partial charge in [0, 0.05) is 16.4 Å². The molecule has 12 heavy (non-hydrogen) atoms. The van der Waals surface area contributed by atoms with Gasteiger partial charge in [0.25, 0.3) is 0 Å². The van der Waals surface area contributed by atoms with Crippen LogP contribution in [-0.4, -0.2) is 11.5 Å². The van der Waals surface area contributed by atoms with Gasteiger partial charge in [-0.1, -0.05) is 6.07 Å². The summed E-state index contributed by atoms with van der Waals surface area (Å²) in [5, 5.41) is 0. The molecular weight excluding hydrogens is 166 g/mol. The summed E-state index contributed by atoms with van der Waals surface area (Å²) in [7, 11) is 0. The second-order valence-corrected chi connectivity index (χ2v) is 4.12. The van der Waals surface area contributed by atoms with E-state index in [1.54, 1.807) is 0 Å². The molecular formula is C10H11NS. The Bertz CT molecular complexity index is 342. The van der Waals surface area contributed by atoms with Gasteiger partial charge < -0.3 is 0 Å². The number of aliphatic imine (C=N–C) groups is 1. The molecule has 1 heterocycles. The van der Waals surface area contributed by atoms with Crippen molar-refractivity contribution >= 4 is 23.2 Å². The van der Waals surface area contributed by atoms with Crippen molar-refractivity contribution in [1.29, 1.82) is 0 Å². The first-order valence-corrected chi connectivity index (χ1v) is 5.02. The van der Waals surface area contributed by atoms with E-state index in [-0.39, 0.29) is 0 Å². The quantitative estimate of drug-likeness (QED) is 0.593. The van der Waals surface area contributed by atoms with Crippen LogP contribution in [0.3, 0.4) is 0 Å². The van der Waals surface area contributed by atoms with Crippen molar-refractivity contribution in [2.75, 3.05) is 5.75 Å². The Morgan fingerprint density at radius 3 is 3.00 bits per heavy atom. The predicted molar refractivity (Wildman–Crippen MR) is 54.7 cm³/mol. The molecule has 1 aliphatic rings. The number of fused-ring (bicyclic) bond motifs is 1. The Morgan fingerprint density at radius 2 is 2.17 bits per heavy atom. The average Bonchev–Trinajstić information content (AvgIpc) is 2.05. The normalized spacial score (nSPS) is 15.3. The van der Waals surface area contributed by atoms with E-state index in [1.165, 1.54) is 16.2 Å². The van der Waals surface area contributed by atoms with Gasteiger partial charge in [0.2, 0.25) is 0 Å². The summed E-state index contributed by atoms with van der Waals surface area (Å²) < 4.78 is 0. The van der Waals surface area contributed by atoms with Gasteiger partial charge in [-0.15, -0.1) is 11.8 Å². The molecule has 1 aliphatic heterocycles. The van der Waals surface area contributed by atoms with Crippen molar-refractivity contribution in [2.45, 2.75) is 18.7 Å². The fourth-order valence-electron chi connectivity index (χ4n) is 1.25. The van der Waals surface area contributed by atoms with Crippen LogP contribution in [0.25, 0.3) is 0 Å². The molecule has 0 saturated heterocycles. The lowest BCUT2D eigenvalue weighted by Crippen LogP contribution is -1.99. The van der Waals surface area contributed by atoms with Crippen LogP contribution in [0, 0.1) is 6.92 Å². The van der Waals surface area contributed by atoms with Crippen molar-refractivity contribution in [3.05, 3.63) is 23.8 Å². The highest BCUT2D eigenvalue weighted by atomic mass is 32.2. The summed E-state index contributed by atoms with van der Waals surface area (Å²) in [6, 6.07) is 6.41. The number of rotatable bonds is 0. The molecule has 0 aliphatic carbocycles. The van der Waals surface area contributed by atoms with E-state index < -0.39 is 0 Å². The minimum absolute atomic E-state index is 1.04. The second kappa shape index (κ2) is 2.94. The molecule has 0 bridgehead atoms. The SMILES string of the molecule is CC1=Nc2ccc(C)cc2SC1. The number of hydrogen-bond acceptors (Lipinski definition) is 2. The van der Waals surface area contributed by atoms with E-state index in [0.717, 1.165) is 11.4 Å². The van der Waals surface area contributed by atoms with Crippen molar-refractivity contribution < 1.29 is 0 Å². The molecule has 0 saturated carbocycles. The van der Waals surface area contributed by atoms with Gasteiger partial charge in [0.1, 0.15) is 0 Å². The lowest BCUT2D eigenvalue weighted by molar-refractivity contribution is 1.29. The molecule has 0 spiro atoms. The first-order chi connectivity index (χ1) is 5.75. The second-order valence-electron chi connectivity index (χ2n) is 3.11. The fraction of sp³-hybridized carbons (Fsp3) is 0.300. The molecule has 0 N–H and O–H groups in total. The molecule has 0 amide bonds. The number of benzene rings is 1. The molecule has 0 aromatic heterocycles. The smallest absolute Gasteiger partial charge is 0.0765 e. The van der Waals surface area contributed by atoms with Crippen LogP contribution in [0.1, 0.15) is 12.5 Å². The lowest BCUT2D eigenvalue weighted by atomic mass is 10.2. The molecule has 62 valence electrons. The Balaban J connectivity index is 2.51. The lowest BCUT2D eigenvalue weighted by Gasteiger charge is -2.12. The summed E-state index contributed by atoms with van der Waals surface area (Å²) in [6.07, 6.45) is 0. The van der Waals surface area contributed by atoms with E-state index in [1.807, 2.05) is 11.8 Å². The fourth-order valence-corrected chi connectivity index (χ4v) is 2.21. The third-order valence-electron chi connectivity index (χ3n) is 1.86. The minimum atomic E-state index is 1.04. The molecule has 2 heteroatoms. The van der Waals surface area contributed by atoms with Gasteiger partial charge >= 0.3 is 0 Å². The van der Waals surface area contributed by atoms with Crippen molar-refractivity contribution in [2.24, 2.45) is 4.99 Å². The van der Waals surface area contributed by atoms with Crippen molar-refractivity contribution in [3.63, 3.8) is 0 Å². The highest BCUT2D eigenvalue weighted by Gasteiger charge is 2.08. The Kier molecular flexibility index (Phi) is 1.93. The Hall–Kier alpha value is -0.760. The van der Waals surface area contributed by atoms with Crippen LogP contribution >= 0.6 is 11.8 Å². The predicted octanol–water partition coefficient (Wildman–Crippen LogP) is 3.19. The zero-order valence-corrected chi connectivity index (χ0v) is 8.11. The van der Waals surface area contributed by atoms with Crippen LogP contribution in [-0.2, 0) is 0 Å². The molecule has 2 rings (SSSR count). The number of hydrogen-bond donors (Lipinski definition) is 0. The van der Waals surface area contributed by atoms with Crippen LogP contribution in [0.15, 0.2) is 28.1 Å². The van der Waals surface area contributed by atoms with Crippen LogP contribution in [0.5, 0.6) is 0 Å². The highest BCUT2D eigenvalue weighted by molar-refractivity contribution is 8.00. The van der Waals surface area contributed by atoms with Gasteiger partial charge in [-0.05, 0) is 31.5 Å². The first kappa shape index (κ1) is 7.87. The van der Waals surface area contributed by atoms with Gasteiger partial charge in [-0.2, -0.15) is 0 Å². The molecule has 0 unspecified atom stereocenters. The molecule has 0 fully saturated rings. The van der Waals surface area contributed by atoms with Gasteiger partial charge in [-0.25, -0.2) is 0 Å². The minimum Gasteiger partial charge on any atom is -0.256 e. The summed E-state index contributed by atoms with van der Waals surface area (Å²) >= 11 is 1.88. The topological polar surface area (TPSA) is 12.4 Å². The van der Waals surface area contributed by atoms with E-state index >= 15 is 0 Å². The molecule has 1 aromatic carbocycles. The summed E-state index contributed by atoms with van der Waals surface area (Å²) in [5.74, 6) is 1.04. The van der Waals surface area contributed by atoms with Crippen molar-refractivity contribution in [3.8, 4) is 0 Å². The maximum absolute atomic E-state index is 4.48. The molecule has 0 atom stereocenters. The van der Waals surface area contributed by atoms with Crippen LogP contribution < -0.4 is 0 Å². The van der Waals surface area contributed by atoms with Crippen LogP contribution in [0.4, 0.5) is 5.69 Å². The van der Waals surface area contributed by atoms with Gasteiger partial charge in [0.15, 0.2) is 0 Å². The largest absolute Gasteiger partial charge is 0.256 e. The van der Waals surface area contributed by atoms with E-state index in [2.05, 4.69) is 37.0 Å². The zero-order chi connectivity index (χ0) is 8.55. The Labute approximate surface area is 76.9 Å². The molecule has 0 radical (unpaired) electrons. The summed E-state index contributed by atoms with van der Waals surface area (Å²) in [4.78, 5) is 5.80. The van der Waals surface area contributed by atoms with Crippen molar-refractivity contribution in [1.82, 2.24) is 0 Å².